The molecule has 0 bridgehead atoms. The molecule has 11 aromatic rings. The average molecular weight is 817 g/mol. The van der Waals surface area contributed by atoms with Crippen LogP contribution < -0.4 is 14.7 Å². The fourth-order valence-electron chi connectivity index (χ4n) is 8.36. The van der Waals surface area contributed by atoms with Crippen LogP contribution in [-0.2, 0) is 0 Å². The SMILES string of the molecule is [2H]c1c([2H])c([2H])c(-c2ccc(N(c3cccc(N(c4ccccc4)c4ccccc4)c3)c3ccc4sc5ccc(N(c6ccccc6)c6ccc7ccccc7c6)cc5c4c3)cc2)c([2H])c1[2H]. The molecule has 0 amide bonds. The zero-order chi connectivity index (χ0) is 45.6. The van der Waals surface area contributed by atoms with E-state index in [1.165, 1.54) is 15.5 Å². The number of anilines is 9. The second-order valence-electron chi connectivity index (χ2n) is 15.1. The van der Waals surface area contributed by atoms with Gasteiger partial charge in [-0.15, -0.1) is 11.3 Å². The van der Waals surface area contributed by atoms with Gasteiger partial charge in [0.05, 0.1) is 6.85 Å². The van der Waals surface area contributed by atoms with E-state index in [9.17, 15) is 0 Å². The van der Waals surface area contributed by atoms with Crippen LogP contribution in [0.25, 0.3) is 42.1 Å². The number of hydrogen-bond donors (Lipinski definition) is 0. The van der Waals surface area contributed by atoms with Gasteiger partial charge < -0.3 is 14.7 Å². The minimum atomic E-state index is -0.411. The van der Waals surface area contributed by atoms with Crippen molar-refractivity contribution in [1.29, 1.82) is 0 Å². The summed E-state index contributed by atoms with van der Waals surface area (Å²) >= 11 is 1.77. The van der Waals surface area contributed by atoms with Gasteiger partial charge in [0, 0.05) is 71.4 Å². The van der Waals surface area contributed by atoms with E-state index in [2.05, 4.69) is 166 Å². The topological polar surface area (TPSA) is 9.72 Å². The standard InChI is InChI=1S/C58H41N3S/c1-5-16-42(17-6-1)44-28-31-49(32-29-44)61(51-27-15-26-50(39-51)59(46-20-7-2-8-21-46)47-22-9-3-10-23-47)54-35-37-58-56(41-54)55-40-53(34-36-57(55)62-58)60(48-24-11-4-12-25-48)52-33-30-43-18-13-14-19-45(43)38-52/h1-41H/i1D,5D,6D,16D,17D. The predicted octanol–water partition coefficient (Wildman–Crippen LogP) is 17.3. The first-order valence-electron chi connectivity index (χ1n) is 23.1. The highest BCUT2D eigenvalue weighted by Gasteiger charge is 2.20. The van der Waals surface area contributed by atoms with Gasteiger partial charge in [0.2, 0.25) is 0 Å². The molecule has 0 radical (unpaired) electrons. The van der Waals surface area contributed by atoms with Crippen LogP contribution in [-0.4, -0.2) is 0 Å². The van der Waals surface area contributed by atoms with Gasteiger partial charge in [-0.2, -0.15) is 0 Å². The third-order valence-corrected chi connectivity index (χ3v) is 12.4. The molecule has 0 fully saturated rings. The molecule has 0 N–H and O–H groups in total. The van der Waals surface area contributed by atoms with Crippen molar-refractivity contribution in [3.63, 3.8) is 0 Å². The molecule has 0 saturated heterocycles. The smallest absolute Gasteiger partial charge is 0.0629 e. The quantitative estimate of drug-likeness (QED) is 0.136. The Morgan fingerprint density at radius 1 is 0.290 bits per heavy atom. The monoisotopic (exact) mass is 816 g/mol. The minimum absolute atomic E-state index is 0.169. The Hall–Kier alpha value is -7.92. The Bertz CT molecular complexity index is 3530. The second-order valence-corrected chi connectivity index (χ2v) is 16.2. The van der Waals surface area contributed by atoms with Crippen molar-refractivity contribution in [1.82, 2.24) is 0 Å². The summed E-state index contributed by atoms with van der Waals surface area (Å²) in [6.07, 6.45) is 0. The summed E-state index contributed by atoms with van der Waals surface area (Å²) in [7, 11) is 0. The van der Waals surface area contributed by atoms with Crippen molar-refractivity contribution < 1.29 is 6.85 Å². The summed E-state index contributed by atoms with van der Waals surface area (Å²) in [5.41, 5.74) is 9.60. The first-order chi connectivity index (χ1) is 32.8. The highest BCUT2D eigenvalue weighted by Crippen LogP contribution is 2.45. The Morgan fingerprint density at radius 2 is 0.694 bits per heavy atom. The Kier molecular flexibility index (Phi) is 8.38. The van der Waals surface area contributed by atoms with Gasteiger partial charge in [-0.25, -0.2) is 0 Å². The van der Waals surface area contributed by atoms with Crippen molar-refractivity contribution in [3.05, 3.63) is 249 Å². The molecule has 3 nitrogen and oxygen atoms in total. The van der Waals surface area contributed by atoms with E-state index < -0.39 is 6.04 Å². The molecule has 1 aromatic heterocycles. The summed E-state index contributed by atoms with van der Waals surface area (Å²) in [5, 5.41) is 4.63. The molecule has 0 saturated carbocycles. The van der Waals surface area contributed by atoms with E-state index in [1.54, 1.807) is 11.3 Å². The van der Waals surface area contributed by atoms with Crippen molar-refractivity contribution in [2.24, 2.45) is 0 Å². The van der Waals surface area contributed by atoms with E-state index >= 15 is 0 Å². The minimum Gasteiger partial charge on any atom is -0.310 e. The molecule has 0 spiro atoms. The van der Waals surface area contributed by atoms with E-state index in [0.29, 0.717) is 5.56 Å². The lowest BCUT2D eigenvalue weighted by Gasteiger charge is -2.29. The van der Waals surface area contributed by atoms with Gasteiger partial charge in [0.15, 0.2) is 0 Å². The van der Waals surface area contributed by atoms with E-state index in [4.69, 9.17) is 6.85 Å². The van der Waals surface area contributed by atoms with Gasteiger partial charge >= 0.3 is 0 Å². The van der Waals surface area contributed by atoms with E-state index in [0.717, 1.165) is 66.7 Å². The van der Waals surface area contributed by atoms with Crippen LogP contribution in [0.15, 0.2) is 249 Å². The molecule has 0 aliphatic rings. The van der Waals surface area contributed by atoms with Gasteiger partial charge in [-0.05, 0) is 137 Å². The van der Waals surface area contributed by atoms with Crippen molar-refractivity contribution in [3.8, 4) is 11.1 Å². The van der Waals surface area contributed by atoms with Crippen LogP contribution >= 0.6 is 11.3 Å². The van der Waals surface area contributed by atoms with E-state index in [1.807, 2.05) is 66.7 Å². The van der Waals surface area contributed by atoms with Crippen LogP contribution in [0.3, 0.4) is 0 Å². The van der Waals surface area contributed by atoms with Crippen molar-refractivity contribution in [2.45, 2.75) is 0 Å². The van der Waals surface area contributed by atoms with E-state index in [-0.39, 0.29) is 29.7 Å². The summed E-state index contributed by atoms with van der Waals surface area (Å²) in [6.45, 7) is 0. The molecule has 0 atom stereocenters. The highest BCUT2D eigenvalue weighted by molar-refractivity contribution is 7.25. The molecule has 0 unspecified atom stereocenters. The average Bonchev–Trinajstić information content (AvgIpc) is 3.74. The maximum Gasteiger partial charge on any atom is 0.0629 e. The van der Waals surface area contributed by atoms with Crippen LogP contribution in [0.4, 0.5) is 51.2 Å². The Labute approximate surface area is 373 Å². The largest absolute Gasteiger partial charge is 0.310 e. The van der Waals surface area contributed by atoms with Crippen LogP contribution in [0, 0.1) is 0 Å². The lowest BCUT2D eigenvalue weighted by Crippen LogP contribution is -2.13. The molecular formula is C58H41N3S. The Balaban J connectivity index is 1.08. The molecule has 11 rings (SSSR count). The lowest BCUT2D eigenvalue weighted by molar-refractivity contribution is 1.25. The van der Waals surface area contributed by atoms with Gasteiger partial charge in [0.1, 0.15) is 0 Å². The van der Waals surface area contributed by atoms with Gasteiger partial charge in [0.25, 0.3) is 0 Å². The number of fused-ring (bicyclic) bond motifs is 4. The maximum atomic E-state index is 8.69. The fourth-order valence-corrected chi connectivity index (χ4v) is 9.43. The zero-order valence-corrected chi connectivity index (χ0v) is 34.4. The molecule has 294 valence electrons. The number of thiophene rings is 1. The summed E-state index contributed by atoms with van der Waals surface area (Å²) < 4.78 is 44.6. The maximum absolute atomic E-state index is 8.69. The normalized spacial score (nSPS) is 12.4. The first-order valence-corrected chi connectivity index (χ1v) is 21.4. The predicted molar refractivity (Wildman–Crippen MR) is 266 cm³/mol. The van der Waals surface area contributed by atoms with Gasteiger partial charge in [-0.1, -0.05) is 133 Å². The number of benzene rings is 10. The number of rotatable bonds is 10. The van der Waals surface area contributed by atoms with Crippen molar-refractivity contribution in [2.75, 3.05) is 14.7 Å². The second kappa shape index (κ2) is 16.3. The van der Waals surface area contributed by atoms with Crippen LogP contribution in [0.5, 0.6) is 0 Å². The zero-order valence-electron chi connectivity index (χ0n) is 38.5. The Morgan fingerprint density at radius 3 is 1.24 bits per heavy atom. The number of nitrogens with zero attached hydrogens (tertiary/aromatic N) is 3. The third kappa shape index (κ3) is 7.13. The summed E-state index contributed by atoms with van der Waals surface area (Å²) in [5.74, 6) is 0. The van der Waals surface area contributed by atoms with Gasteiger partial charge in [-0.3, -0.25) is 0 Å². The summed E-state index contributed by atoms with van der Waals surface area (Å²) in [4.78, 5) is 6.79. The fraction of sp³-hybridized carbons (Fsp3) is 0. The highest BCUT2D eigenvalue weighted by atomic mass is 32.1. The third-order valence-electron chi connectivity index (χ3n) is 11.2. The number of para-hydroxylation sites is 3. The van der Waals surface area contributed by atoms with Crippen LogP contribution in [0.2, 0.25) is 0 Å². The molecule has 62 heavy (non-hydrogen) atoms. The molecule has 10 aromatic carbocycles. The van der Waals surface area contributed by atoms with Crippen molar-refractivity contribution >= 4 is 93.5 Å². The lowest BCUT2D eigenvalue weighted by atomic mass is 10.0. The molecular weight excluding hydrogens is 771 g/mol. The molecule has 4 heteroatoms. The molecule has 1 heterocycles. The summed E-state index contributed by atoms with van der Waals surface area (Å²) in [6, 6.07) is 74.1. The molecule has 0 aliphatic carbocycles. The van der Waals surface area contributed by atoms with Crippen LogP contribution in [0.1, 0.15) is 6.85 Å². The molecule has 0 aliphatic heterocycles. The number of hydrogen-bond acceptors (Lipinski definition) is 4. The first kappa shape index (κ1) is 31.9.